The van der Waals surface area contributed by atoms with Crippen LogP contribution in [-0.4, -0.2) is 30.1 Å². The average Bonchev–Trinajstić information content (AvgIpc) is 2.38. The first-order chi connectivity index (χ1) is 8.27. The molecule has 92 valence electrons. The summed E-state index contributed by atoms with van der Waals surface area (Å²) in [6, 6.07) is 10.9. The molecular formula is C14H20N2O. The number of rotatable bonds is 4. The van der Waals surface area contributed by atoms with Crippen molar-refractivity contribution in [1.82, 2.24) is 10.2 Å². The highest BCUT2D eigenvalue weighted by molar-refractivity contribution is 5.75. The molecule has 1 saturated heterocycles. The molecule has 0 bridgehead atoms. The van der Waals surface area contributed by atoms with E-state index < -0.39 is 0 Å². The fourth-order valence-electron chi connectivity index (χ4n) is 2.24. The summed E-state index contributed by atoms with van der Waals surface area (Å²) in [7, 11) is 0. The summed E-state index contributed by atoms with van der Waals surface area (Å²) < 4.78 is 0. The molecule has 1 N–H and O–H groups in total. The molecule has 3 heteroatoms. The first-order valence-corrected chi connectivity index (χ1v) is 6.36. The minimum absolute atomic E-state index is 0.0943. The Morgan fingerprint density at radius 3 is 2.82 bits per heavy atom. The quantitative estimate of drug-likeness (QED) is 0.849. The molecule has 1 atom stereocenters. The van der Waals surface area contributed by atoms with Crippen molar-refractivity contribution in [1.29, 1.82) is 0 Å². The molecule has 0 radical (unpaired) electrons. The fraction of sp³-hybridized carbons (Fsp3) is 0.500. The SMILES string of the molecule is CC(CCc1ccccc1)N1CCCNC1=O. The maximum absolute atomic E-state index is 11.7. The molecule has 1 fully saturated rings. The third-order valence-corrected chi connectivity index (χ3v) is 3.34. The molecule has 1 aliphatic rings. The number of benzene rings is 1. The van der Waals surface area contributed by atoms with Crippen LogP contribution in [0.5, 0.6) is 0 Å². The van der Waals surface area contributed by atoms with E-state index in [9.17, 15) is 4.79 Å². The zero-order chi connectivity index (χ0) is 12.1. The van der Waals surface area contributed by atoms with Gasteiger partial charge in [0.1, 0.15) is 0 Å². The highest BCUT2D eigenvalue weighted by Gasteiger charge is 2.22. The van der Waals surface area contributed by atoms with Crippen molar-refractivity contribution in [3.8, 4) is 0 Å². The van der Waals surface area contributed by atoms with E-state index in [1.54, 1.807) is 0 Å². The summed E-state index contributed by atoms with van der Waals surface area (Å²) >= 11 is 0. The molecule has 0 aliphatic carbocycles. The Morgan fingerprint density at radius 2 is 2.12 bits per heavy atom. The van der Waals surface area contributed by atoms with Crippen LogP contribution < -0.4 is 5.32 Å². The first kappa shape index (κ1) is 12.0. The van der Waals surface area contributed by atoms with Crippen LogP contribution in [0.15, 0.2) is 30.3 Å². The molecule has 0 saturated carbocycles. The van der Waals surface area contributed by atoms with Gasteiger partial charge in [-0.05, 0) is 31.7 Å². The van der Waals surface area contributed by atoms with Gasteiger partial charge in [0.25, 0.3) is 0 Å². The van der Waals surface area contributed by atoms with Gasteiger partial charge < -0.3 is 10.2 Å². The number of aryl methyl sites for hydroxylation is 1. The molecule has 2 rings (SSSR count). The van der Waals surface area contributed by atoms with Crippen LogP contribution in [0.1, 0.15) is 25.3 Å². The lowest BCUT2D eigenvalue weighted by Gasteiger charge is -2.32. The van der Waals surface area contributed by atoms with Crippen molar-refractivity contribution in [2.24, 2.45) is 0 Å². The van der Waals surface area contributed by atoms with Gasteiger partial charge in [-0.2, -0.15) is 0 Å². The van der Waals surface area contributed by atoms with Crippen molar-refractivity contribution >= 4 is 6.03 Å². The van der Waals surface area contributed by atoms with Crippen molar-refractivity contribution < 1.29 is 4.79 Å². The van der Waals surface area contributed by atoms with Gasteiger partial charge >= 0.3 is 6.03 Å². The molecule has 1 aliphatic heterocycles. The Labute approximate surface area is 103 Å². The van der Waals surface area contributed by atoms with Crippen LogP contribution >= 0.6 is 0 Å². The predicted octanol–water partition coefficient (Wildman–Crippen LogP) is 2.42. The molecule has 0 aromatic heterocycles. The van der Waals surface area contributed by atoms with Crippen molar-refractivity contribution in [2.45, 2.75) is 32.2 Å². The summed E-state index contributed by atoms with van der Waals surface area (Å²) in [6.07, 6.45) is 3.12. The summed E-state index contributed by atoms with van der Waals surface area (Å²) in [5, 5.41) is 2.90. The molecule has 1 heterocycles. The molecule has 2 amide bonds. The van der Waals surface area contributed by atoms with Crippen LogP contribution in [0.3, 0.4) is 0 Å². The van der Waals surface area contributed by atoms with Crippen LogP contribution in [0.2, 0.25) is 0 Å². The molecular weight excluding hydrogens is 212 g/mol. The van der Waals surface area contributed by atoms with Crippen molar-refractivity contribution in [2.75, 3.05) is 13.1 Å². The van der Waals surface area contributed by atoms with Gasteiger partial charge in [-0.15, -0.1) is 0 Å². The topological polar surface area (TPSA) is 32.3 Å². The number of amides is 2. The van der Waals surface area contributed by atoms with Crippen LogP contribution in [0.25, 0.3) is 0 Å². The molecule has 3 nitrogen and oxygen atoms in total. The molecule has 17 heavy (non-hydrogen) atoms. The van der Waals surface area contributed by atoms with E-state index in [4.69, 9.17) is 0 Å². The second-order valence-electron chi connectivity index (χ2n) is 4.65. The summed E-state index contributed by atoms with van der Waals surface area (Å²) in [4.78, 5) is 13.6. The standard InChI is InChI=1S/C14H20N2O/c1-12(16-11-5-10-15-14(16)17)8-9-13-6-3-2-4-7-13/h2-4,6-7,12H,5,8-11H2,1H3,(H,15,17). The van der Waals surface area contributed by atoms with Crippen molar-refractivity contribution in [3.63, 3.8) is 0 Å². The highest BCUT2D eigenvalue weighted by Crippen LogP contribution is 2.12. The second-order valence-corrected chi connectivity index (χ2v) is 4.65. The Hall–Kier alpha value is -1.51. The summed E-state index contributed by atoms with van der Waals surface area (Å²) in [6.45, 7) is 3.84. The Kier molecular flexibility index (Phi) is 4.02. The maximum Gasteiger partial charge on any atom is 0.317 e. The molecule has 0 spiro atoms. The van der Waals surface area contributed by atoms with Gasteiger partial charge in [-0.1, -0.05) is 30.3 Å². The maximum atomic E-state index is 11.7. The van der Waals surface area contributed by atoms with Gasteiger partial charge in [0.15, 0.2) is 0 Å². The van der Waals surface area contributed by atoms with E-state index >= 15 is 0 Å². The van der Waals surface area contributed by atoms with Gasteiger partial charge in [0.2, 0.25) is 0 Å². The lowest BCUT2D eigenvalue weighted by molar-refractivity contribution is 0.162. The zero-order valence-electron chi connectivity index (χ0n) is 10.4. The smallest absolute Gasteiger partial charge is 0.317 e. The Morgan fingerprint density at radius 1 is 1.35 bits per heavy atom. The largest absolute Gasteiger partial charge is 0.338 e. The van der Waals surface area contributed by atoms with Crippen LogP contribution in [-0.2, 0) is 6.42 Å². The number of carbonyl (C=O) groups excluding carboxylic acids is 1. The third kappa shape index (κ3) is 3.22. The normalized spacial score (nSPS) is 17.7. The van der Waals surface area contributed by atoms with E-state index in [0.29, 0.717) is 6.04 Å². The Balaban J connectivity index is 1.84. The van der Waals surface area contributed by atoms with Gasteiger partial charge in [-0.25, -0.2) is 4.79 Å². The monoisotopic (exact) mass is 232 g/mol. The van der Waals surface area contributed by atoms with Crippen LogP contribution in [0.4, 0.5) is 4.79 Å². The number of nitrogens with zero attached hydrogens (tertiary/aromatic N) is 1. The van der Waals surface area contributed by atoms with E-state index in [1.807, 2.05) is 11.0 Å². The Bertz CT molecular complexity index is 364. The minimum Gasteiger partial charge on any atom is -0.338 e. The second kappa shape index (κ2) is 5.71. The summed E-state index contributed by atoms with van der Waals surface area (Å²) in [5.74, 6) is 0. The predicted molar refractivity (Wildman–Crippen MR) is 68.9 cm³/mol. The lowest BCUT2D eigenvalue weighted by Crippen LogP contribution is -2.50. The van der Waals surface area contributed by atoms with Crippen LogP contribution in [0, 0.1) is 0 Å². The van der Waals surface area contributed by atoms with E-state index in [2.05, 4.69) is 36.5 Å². The fourth-order valence-corrected chi connectivity index (χ4v) is 2.24. The number of hydrogen-bond acceptors (Lipinski definition) is 1. The summed E-state index contributed by atoms with van der Waals surface area (Å²) in [5.41, 5.74) is 1.34. The zero-order valence-corrected chi connectivity index (χ0v) is 10.4. The number of nitrogens with one attached hydrogen (secondary N) is 1. The average molecular weight is 232 g/mol. The molecule has 1 aromatic carbocycles. The van der Waals surface area contributed by atoms with Crippen molar-refractivity contribution in [3.05, 3.63) is 35.9 Å². The lowest BCUT2D eigenvalue weighted by atomic mass is 10.0. The van der Waals surface area contributed by atoms with E-state index in [-0.39, 0.29) is 6.03 Å². The number of urea groups is 1. The molecule has 1 unspecified atom stereocenters. The minimum atomic E-state index is 0.0943. The highest BCUT2D eigenvalue weighted by atomic mass is 16.2. The van der Waals surface area contributed by atoms with Gasteiger partial charge in [0, 0.05) is 19.1 Å². The first-order valence-electron chi connectivity index (χ1n) is 6.36. The third-order valence-electron chi connectivity index (χ3n) is 3.34. The molecule has 1 aromatic rings. The number of carbonyl (C=O) groups is 1. The van der Waals surface area contributed by atoms with E-state index in [0.717, 1.165) is 32.4 Å². The van der Waals surface area contributed by atoms with Gasteiger partial charge in [0.05, 0.1) is 0 Å². The van der Waals surface area contributed by atoms with Gasteiger partial charge in [-0.3, -0.25) is 0 Å². The van der Waals surface area contributed by atoms with E-state index in [1.165, 1.54) is 5.56 Å². The number of hydrogen-bond donors (Lipinski definition) is 1.